The molecule has 2 aliphatic carbocycles. The van der Waals surface area contributed by atoms with E-state index in [9.17, 15) is 0 Å². The van der Waals surface area contributed by atoms with Crippen molar-refractivity contribution in [3.63, 3.8) is 0 Å². The van der Waals surface area contributed by atoms with Gasteiger partial charge in [-0.2, -0.15) is 0 Å². The number of nitrogens with one attached hydrogen (secondary N) is 1. The van der Waals surface area contributed by atoms with Crippen LogP contribution in [0.15, 0.2) is 204 Å². The maximum atomic E-state index is 5.59. The van der Waals surface area contributed by atoms with Gasteiger partial charge < -0.3 is 14.5 Å². The summed E-state index contributed by atoms with van der Waals surface area (Å²) < 4.78 is 4.78. The summed E-state index contributed by atoms with van der Waals surface area (Å²) in [7, 11) is 0. The lowest BCUT2D eigenvalue weighted by molar-refractivity contribution is 0.687. The maximum Gasteiger partial charge on any atom is 0.145 e. The maximum absolute atomic E-state index is 5.59. The lowest BCUT2D eigenvalue weighted by atomic mass is 9.93. The Hall–Kier alpha value is -7.83. The zero-order valence-electron chi connectivity index (χ0n) is 36.2. The molecule has 1 unspecified atom stereocenters. The number of benzene rings is 5. The molecule has 0 spiro atoms. The minimum atomic E-state index is -0.370. The molecule has 1 N–H and O–H groups in total. The summed E-state index contributed by atoms with van der Waals surface area (Å²) in [5.74, 6) is 0.769. The van der Waals surface area contributed by atoms with Crippen LogP contribution in [-0.4, -0.2) is 33.2 Å². The molecule has 8 aromatic rings. The van der Waals surface area contributed by atoms with Gasteiger partial charge in [-0.15, -0.1) is 0 Å². The van der Waals surface area contributed by atoms with Gasteiger partial charge in [0, 0.05) is 44.5 Å². The number of aliphatic imine (C=N–C) groups is 2. The summed E-state index contributed by atoms with van der Waals surface area (Å²) in [4.78, 5) is 15.4. The van der Waals surface area contributed by atoms with E-state index in [1.54, 1.807) is 0 Å². The lowest BCUT2D eigenvalue weighted by Crippen LogP contribution is -2.29. The number of amidine groups is 1. The van der Waals surface area contributed by atoms with E-state index in [1.807, 2.05) is 24.3 Å². The van der Waals surface area contributed by atoms with Gasteiger partial charge in [-0.3, -0.25) is 9.98 Å². The Morgan fingerprint density at radius 2 is 1.62 bits per heavy atom. The van der Waals surface area contributed by atoms with Gasteiger partial charge in [-0.05, 0) is 110 Å². The second kappa shape index (κ2) is 17.9. The normalized spacial score (nSPS) is 14.8. The first-order chi connectivity index (χ1) is 31.6. The van der Waals surface area contributed by atoms with Gasteiger partial charge >= 0.3 is 0 Å². The first-order valence-corrected chi connectivity index (χ1v) is 22.2. The summed E-state index contributed by atoms with van der Waals surface area (Å²) in [6.45, 7) is 10.7. The van der Waals surface area contributed by atoms with E-state index < -0.39 is 0 Å². The standard InChI is InChI=1S/C58H50N6/c1-4-19-45(20-5-2)63-52-32-16-15-29-48(52)50-38-43(33-35-53(50)63)51-34-36-54-55(61-51)49-31-18-30-47(41-23-11-7-12-24-41)56(49)64(54)46-28-17-27-44(37-46)58(60-39-40-21-9-6-10-22-40)62-57(59-3)42-25-13-8-14-26-42/h4-9,11-21,23-32,34,36-38,57H,1,3,10,22,33,35,39H2,2H3,(H,60,62)/b20-5-,45-19+. The number of aromatic nitrogens is 3. The van der Waals surface area contributed by atoms with Crippen LogP contribution in [0.5, 0.6) is 0 Å². The highest BCUT2D eigenvalue weighted by Crippen LogP contribution is 2.41. The molecular formula is C58H50N6. The summed E-state index contributed by atoms with van der Waals surface area (Å²) in [5, 5.41) is 6.02. The molecule has 64 heavy (non-hydrogen) atoms. The number of pyridine rings is 1. The van der Waals surface area contributed by atoms with Crippen molar-refractivity contribution in [3.05, 3.63) is 222 Å². The van der Waals surface area contributed by atoms with Crippen molar-refractivity contribution in [2.45, 2.75) is 38.8 Å². The van der Waals surface area contributed by atoms with E-state index in [-0.39, 0.29) is 6.17 Å². The molecule has 0 aliphatic heterocycles. The summed E-state index contributed by atoms with van der Waals surface area (Å²) in [5.41, 5.74) is 16.8. The van der Waals surface area contributed by atoms with Crippen molar-refractivity contribution in [1.29, 1.82) is 0 Å². The quantitative estimate of drug-likeness (QED) is 0.0757. The van der Waals surface area contributed by atoms with E-state index in [2.05, 4.69) is 204 Å². The van der Waals surface area contributed by atoms with Crippen LogP contribution in [-0.2, 0) is 6.42 Å². The molecular weight excluding hydrogens is 781 g/mol. The van der Waals surface area contributed by atoms with Crippen molar-refractivity contribution >= 4 is 62.7 Å². The van der Waals surface area contributed by atoms with Crippen LogP contribution in [0.1, 0.15) is 60.4 Å². The Kier molecular flexibility index (Phi) is 11.2. The SMILES string of the molecule is C=C/C=C(\C=C/C)n1c2c(c3ccccc31)C=C(c1ccc3c(n1)c1cccc(-c4ccccc4)c1n3-c1cccc(C(=NCC3=CC=CCC3)NC(N=C)c3ccccc3)c1)CC2. The molecule has 0 fully saturated rings. The minimum absolute atomic E-state index is 0.370. The fraction of sp³-hybridized carbons (Fsp3) is 0.121. The topological polar surface area (TPSA) is 59.5 Å². The number of para-hydroxylation sites is 2. The fourth-order valence-corrected chi connectivity index (χ4v) is 9.42. The lowest BCUT2D eigenvalue weighted by Gasteiger charge is -2.19. The molecule has 1 atom stereocenters. The summed E-state index contributed by atoms with van der Waals surface area (Å²) >= 11 is 0. The Morgan fingerprint density at radius 3 is 2.42 bits per heavy atom. The number of fused-ring (bicyclic) bond motifs is 6. The zero-order chi connectivity index (χ0) is 43.4. The molecule has 0 saturated carbocycles. The van der Waals surface area contributed by atoms with E-state index in [0.29, 0.717) is 6.54 Å². The average molecular weight is 831 g/mol. The van der Waals surface area contributed by atoms with Crippen LogP contribution in [0.4, 0.5) is 0 Å². The Balaban J connectivity index is 1.13. The highest BCUT2D eigenvalue weighted by Gasteiger charge is 2.24. The van der Waals surface area contributed by atoms with Gasteiger partial charge in [-0.25, -0.2) is 4.98 Å². The van der Waals surface area contributed by atoms with Crippen molar-refractivity contribution in [2.75, 3.05) is 6.54 Å². The van der Waals surface area contributed by atoms with Crippen molar-refractivity contribution in [1.82, 2.24) is 19.4 Å². The van der Waals surface area contributed by atoms with Crippen molar-refractivity contribution < 1.29 is 0 Å². The molecule has 0 bridgehead atoms. The molecule has 0 radical (unpaired) electrons. The number of allylic oxidation sites excluding steroid dienone is 9. The van der Waals surface area contributed by atoms with Gasteiger partial charge in [0.2, 0.25) is 0 Å². The smallest absolute Gasteiger partial charge is 0.145 e. The predicted octanol–water partition coefficient (Wildman–Crippen LogP) is 13.9. The van der Waals surface area contributed by atoms with Crippen LogP contribution < -0.4 is 5.32 Å². The van der Waals surface area contributed by atoms with Crippen molar-refractivity contribution in [2.24, 2.45) is 9.98 Å². The summed E-state index contributed by atoms with van der Waals surface area (Å²) in [6.07, 6.45) is 20.6. The number of hydrogen-bond donors (Lipinski definition) is 1. The van der Waals surface area contributed by atoms with Crippen molar-refractivity contribution in [3.8, 4) is 16.8 Å². The zero-order valence-corrected chi connectivity index (χ0v) is 36.2. The monoisotopic (exact) mass is 830 g/mol. The second-order valence-corrected chi connectivity index (χ2v) is 16.3. The second-order valence-electron chi connectivity index (χ2n) is 16.3. The molecule has 6 heteroatoms. The molecule has 3 heterocycles. The number of rotatable bonds is 12. The third-order valence-electron chi connectivity index (χ3n) is 12.4. The van der Waals surface area contributed by atoms with Gasteiger partial charge in [0.25, 0.3) is 0 Å². The molecule has 2 aliphatic rings. The minimum Gasteiger partial charge on any atom is -0.345 e. The van der Waals surface area contributed by atoms with Gasteiger partial charge in [-0.1, -0.05) is 146 Å². The van der Waals surface area contributed by atoms with Gasteiger partial charge in [0.1, 0.15) is 12.0 Å². The van der Waals surface area contributed by atoms with Crippen LogP contribution in [0.25, 0.3) is 67.0 Å². The first-order valence-electron chi connectivity index (χ1n) is 22.2. The Morgan fingerprint density at radius 1 is 0.828 bits per heavy atom. The molecule has 312 valence electrons. The van der Waals surface area contributed by atoms with Gasteiger partial charge in [0.05, 0.1) is 34.3 Å². The molecule has 5 aromatic carbocycles. The largest absolute Gasteiger partial charge is 0.345 e. The number of nitrogens with zero attached hydrogens (tertiary/aromatic N) is 5. The van der Waals surface area contributed by atoms with Gasteiger partial charge in [0.15, 0.2) is 0 Å². The van der Waals surface area contributed by atoms with E-state index >= 15 is 0 Å². The van der Waals surface area contributed by atoms with Crippen LogP contribution in [0.3, 0.4) is 0 Å². The molecule has 0 amide bonds. The molecule has 3 aromatic heterocycles. The highest BCUT2D eigenvalue weighted by atomic mass is 15.1. The summed E-state index contributed by atoms with van der Waals surface area (Å²) in [6, 6.07) is 49.4. The third kappa shape index (κ3) is 7.58. The molecule has 0 saturated heterocycles. The predicted molar refractivity (Wildman–Crippen MR) is 271 cm³/mol. The van der Waals surface area contributed by atoms with E-state index in [0.717, 1.165) is 92.8 Å². The van der Waals surface area contributed by atoms with Crippen LogP contribution >= 0.6 is 0 Å². The van der Waals surface area contributed by atoms with E-state index in [4.69, 9.17) is 9.98 Å². The highest BCUT2D eigenvalue weighted by molar-refractivity contribution is 6.13. The van der Waals surface area contributed by atoms with Crippen LogP contribution in [0.2, 0.25) is 0 Å². The van der Waals surface area contributed by atoms with Crippen LogP contribution in [0, 0.1) is 0 Å². The molecule has 6 nitrogen and oxygen atoms in total. The first kappa shape index (κ1) is 40.3. The molecule has 10 rings (SSSR count). The third-order valence-corrected chi connectivity index (χ3v) is 12.4. The Bertz CT molecular complexity index is 3260. The average Bonchev–Trinajstić information content (AvgIpc) is 3.87. The fourth-order valence-electron chi connectivity index (χ4n) is 9.42. The number of hydrogen-bond acceptors (Lipinski definition) is 3. The van der Waals surface area contributed by atoms with E-state index in [1.165, 1.54) is 33.3 Å². The Labute approximate surface area is 375 Å².